The van der Waals surface area contributed by atoms with Crippen molar-refractivity contribution in [2.45, 2.75) is 0 Å². The van der Waals surface area contributed by atoms with Crippen LogP contribution in [0.2, 0.25) is 0 Å². The second-order valence-corrected chi connectivity index (χ2v) is 3.52. The highest BCUT2D eigenvalue weighted by molar-refractivity contribution is 9.10. The maximum atomic E-state index is 10.5. The number of aromatic nitrogens is 1. The molecule has 1 aromatic carbocycles. The van der Waals surface area contributed by atoms with Gasteiger partial charge in [0.15, 0.2) is 0 Å². The topological polar surface area (TPSA) is 30.0 Å². The molecule has 0 fully saturated rings. The second kappa shape index (κ2) is 3.26. The minimum Gasteiger partial charge on any atom is -0.298 e. The van der Waals surface area contributed by atoms with Crippen LogP contribution in [0.3, 0.4) is 0 Å². The van der Waals surface area contributed by atoms with Gasteiger partial charge in [-0.15, -0.1) is 0 Å². The second-order valence-electron chi connectivity index (χ2n) is 2.70. The van der Waals surface area contributed by atoms with Gasteiger partial charge in [0, 0.05) is 10.9 Å². The summed E-state index contributed by atoms with van der Waals surface area (Å²) in [5.74, 6) is 0. The Morgan fingerprint density at radius 3 is 2.85 bits per heavy atom. The fourth-order valence-electron chi connectivity index (χ4n) is 1.19. The first-order valence-electron chi connectivity index (χ1n) is 3.81. The Bertz CT molecular complexity index is 467. The van der Waals surface area contributed by atoms with E-state index in [0.29, 0.717) is 5.56 Å². The van der Waals surface area contributed by atoms with Gasteiger partial charge in [0.25, 0.3) is 0 Å². The summed E-state index contributed by atoms with van der Waals surface area (Å²) in [6.45, 7) is 0. The number of carbonyl (C=O) groups excluding carboxylic acids is 1. The summed E-state index contributed by atoms with van der Waals surface area (Å²) in [5, 5.41) is 0.979. The van der Waals surface area contributed by atoms with Crippen LogP contribution in [0.15, 0.2) is 34.9 Å². The Kier molecular flexibility index (Phi) is 2.10. The van der Waals surface area contributed by atoms with Gasteiger partial charge in [-0.2, -0.15) is 0 Å². The zero-order valence-corrected chi connectivity index (χ0v) is 8.28. The summed E-state index contributed by atoms with van der Waals surface area (Å²) in [6.07, 6.45) is 0.835. The fourth-order valence-corrected chi connectivity index (χ4v) is 1.52. The Balaban J connectivity index is 2.73. The lowest BCUT2D eigenvalue weighted by molar-refractivity contribution is 0.112. The molecule has 0 saturated carbocycles. The molecule has 2 nitrogen and oxygen atoms in total. The van der Waals surface area contributed by atoms with Gasteiger partial charge in [0.05, 0.1) is 5.52 Å². The lowest BCUT2D eigenvalue weighted by Crippen LogP contribution is -1.83. The molecule has 0 radical (unpaired) electrons. The predicted octanol–water partition coefficient (Wildman–Crippen LogP) is 2.81. The summed E-state index contributed by atoms with van der Waals surface area (Å²) < 4.78 is 0.804. The molecule has 0 saturated heterocycles. The molecule has 0 unspecified atom stereocenters. The van der Waals surface area contributed by atoms with Crippen LogP contribution < -0.4 is 0 Å². The van der Waals surface area contributed by atoms with Gasteiger partial charge in [-0.1, -0.05) is 6.07 Å². The smallest absolute Gasteiger partial charge is 0.150 e. The van der Waals surface area contributed by atoms with E-state index in [1.807, 2.05) is 24.3 Å². The molecule has 0 aliphatic heterocycles. The predicted molar refractivity (Wildman–Crippen MR) is 54.8 cm³/mol. The van der Waals surface area contributed by atoms with E-state index in [4.69, 9.17) is 0 Å². The van der Waals surface area contributed by atoms with Crippen LogP contribution in [0.4, 0.5) is 0 Å². The monoisotopic (exact) mass is 235 g/mol. The Morgan fingerprint density at radius 1 is 1.23 bits per heavy atom. The third-order valence-electron chi connectivity index (χ3n) is 1.82. The van der Waals surface area contributed by atoms with Crippen LogP contribution in [0, 0.1) is 0 Å². The van der Waals surface area contributed by atoms with Crippen molar-refractivity contribution in [2.24, 2.45) is 0 Å². The lowest BCUT2D eigenvalue weighted by atomic mass is 10.1. The lowest BCUT2D eigenvalue weighted by Gasteiger charge is -1.97. The number of rotatable bonds is 1. The van der Waals surface area contributed by atoms with E-state index in [2.05, 4.69) is 20.9 Å². The Hall–Kier alpha value is -1.22. The van der Waals surface area contributed by atoms with Crippen molar-refractivity contribution in [1.82, 2.24) is 4.98 Å². The largest absolute Gasteiger partial charge is 0.298 e. The zero-order valence-electron chi connectivity index (χ0n) is 6.70. The first-order valence-corrected chi connectivity index (χ1v) is 4.60. The van der Waals surface area contributed by atoms with Crippen molar-refractivity contribution in [1.29, 1.82) is 0 Å². The molecule has 64 valence electrons. The van der Waals surface area contributed by atoms with E-state index >= 15 is 0 Å². The molecule has 0 aliphatic carbocycles. The van der Waals surface area contributed by atoms with Crippen molar-refractivity contribution in [2.75, 3.05) is 0 Å². The van der Waals surface area contributed by atoms with Gasteiger partial charge in [0.2, 0.25) is 0 Å². The van der Waals surface area contributed by atoms with E-state index < -0.39 is 0 Å². The van der Waals surface area contributed by atoms with Gasteiger partial charge in [-0.05, 0) is 40.2 Å². The quantitative estimate of drug-likeness (QED) is 0.562. The maximum Gasteiger partial charge on any atom is 0.150 e. The van der Waals surface area contributed by atoms with Crippen molar-refractivity contribution in [3.8, 4) is 0 Å². The molecule has 3 heteroatoms. The van der Waals surface area contributed by atoms with Gasteiger partial charge < -0.3 is 0 Å². The van der Waals surface area contributed by atoms with Crippen molar-refractivity contribution in [3.05, 3.63) is 40.5 Å². The number of hydrogen-bond acceptors (Lipinski definition) is 2. The molecule has 0 aliphatic rings. The number of carbonyl (C=O) groups is 1. The molecule has 0 bridgehead atoms. The van der Waals surface area contributed by atoms with Crippen LogP contribution in [-0.2, 0) is 0 Å². The normalized spacial score (nSPS) is 10.2. The van der Waals surface area contributed by atoms with E-state index in [-0.39, 0.29) is 0 Å². The summed E-state index contributed by atoms with van der Waals surface area (Å²) >= 11 is 3.29. The first-order chi connectivity index (χ1) is 6.29. The number of hydrogen-bond donors (Lipinski definition) is 0. The van der Waals surface area contributed by atoms with Gasteiger partial charge in [0.1, 0.15) is 10.9 Å². The van der Waals surface area contributed by atoms with Crippen LogP contribution in [-0.4, -0.2) is 11.3 Å². The number of pyridine rings is 1. The number of nitrogens with zero attached hydrogens (tertiary/aromatic N) is 1. The fraction of sp³-hybridized carbons (Fsp3) is 0. The minimum atomic E-state index is 0.677. The molecular weight excluding hydrogens is 230 g/mol. The van der Waals surface area contributed by atoms with Crippen molar-refractivity contribution < 1.29 is 4.79 Å². The molecular formula is C10H6BrNO. The maximum absolute atomic E-state index is 10.5. The average Bonchev–Trinajstić information content (AvgIpc) is 2.17. The molecule has 0 spiro atoms. The number of benzene rings is 1. The highest BCUT2D eigenvalue weighted by Gasteiger charge is 1.96. The summed E-state index contributed by atoms with van der Waals surface area (Å²) in [5.41, 5.74) is 1.57. The molecule has 0 atom stereocenters. The molecule has 1 heterocycles. The highest BCUT2D eigenvalue weighted by Crippen LogP contribution is 2.16. The average molecular weight is 236 g/mol. The molecule has 2 aromatic rings. The first kappa shape index (κ1) is 8.38. The van der Waals surface area contributed by atoms with Crippen LogP contribution in [0.1, 0.15) is 10.4 Å². The van der Waals surface area contributed by atoms with Gasteiger partial charge in [-0.25, -0.2) is 4.98 Å². The summed E-state index contributed by atoms with van der Waals surface area (Å²) in [6, 6.07) is 9.21. The Labute approximate surface area is 83.7 Å². The molecule has 0 N–H and O–H groups in total. The molecule has 2 rings (SSSR count). The van der Waals surface area contributed by atoms with E-state index in [1.54, 1.807) is 6.07 Å². The third kappa shape index (κ3) is 1.60. The van der Waals surface area contributed by atoms with Crippen LogP contribution in [0.25, 0.3) is 10.9 Å². The molecule has 1 aromatic heterocycles. The zero-order chi connectivity index (χ0) is 9.26. The third-order valence-corrected chi connectivity index (χ3v) is 2.26. The minimum absolute atomic E-state index is 0.677. The van der Waals surface area contributed by atoms with Crippen molar-refractivity contribution in [3.63, 3.8) is 0 Å². The number of fused-ring (bicyclic) bond motifs is 1. The summed E-state index contributed by atoms with van der Waals surface area (Å²) in [7, 11) is 0. The van der Waals surface area contributed by atoms with Crippen LogP contribution in [0.5, 0.6) is 0 Å². The standard InChI is InChI=1S/C10H6BrNO/c11-10-4-2-8-5-7(6-13)1-3-9(8)12-10/h1-6H. The van der Waals surface area contributed by atoms with E-state index in [1.165, 1.54) is 0 Å². The number of halogens is 1. The molecule has 13 heavy (non-hydrogen) atoms. The highest BCUT2D eigenvalue weighted by atomic mass is 79.9. The summed E-state index contributed by atoms with van der Waals surface area (Å²) in [4.78, 5) is 14.7. The Morgan fingerprint density at radius 2 is 2.08 bits per heavy atom. The molecule has 0 amide bonds. The van der Waals surface area contributed by atoms with Crippen LogP contribution >= 0.6 is 15.9 Å². The number of aldehydes is 1. The SMILES string of the molecule is O=Cc1ccc2nc(Br)ccc2c1. The van der Waals surface area contributed by atoms with E-state index in [0.717, 1.165) is 21.8 Å². The van der Waals surface area contributed by atoms with E-state index in [9.17, 15) is 4.79 Å². The van der Waals surface area contributed by atoms with Crippen molar-refractivity contribution >= 4 is 33.1 Å². The van der Waals surface area contributed by atoms with Gasteiger partial charge in [-0.3, -0.25) is 4.79 Å². The van der Waals surface area contributed by atoms with Gasteiger partial charge >= 0.3 is 0 Å².